The maximum atomic E-state index is 11.3. The molecule has 0 aliphatic rings. The summed E-state index contributed by atoms with van der Waals surface area (Å²) in [5.41, 5.74) is 0. The highest BCUT2D eigenvalue weighted by atomic mass is 16.5. The van der Waals surface area contributed by atoms with E-state index in [0.29, 0.717) is 18.6 Å². The maximum absolute atomic E-state index is 11.3. The molecule has 1 heterocycles. The predicted octanol–water partition coefficient (Wildman–Crippen LogP) is 1.81. The van der Waals surface area contributed by atoms with E-state index in [2.05, 4.69) is 4.74 Å². The van der Waals surface area contributed by atoms with Crippen molar-refractivity contribution in [2.45, 2.75) is 19.3 Å². The van der Waals surface area contributed by atoms with E-state index in [4.69, 9.17) is 4.42 Å². The van der Waals surface area contributed by atoms with Crippen molar-refractivity contribution < 1.29 is 18.7 Å². The first kappa shape index (κ1) is 10.5. The Balaban J connectivity index is 2.26. The van der Waals surface area contributed by atoms with E-state index in [9.17, 15) is 9.59 Å². The van der Waals surface area contributed by atoms with E-state index < -0.39 is 0 Å². The molecule has 0 aromatic carbocycles. The fraction of sp³-hybridized carbons (Fsp3) is 0.400. The van der Waals surface area contributed by atoms with E-state index in [0.717, 1.165) is 0 Å². The molecule has 1 aromatic heterocycles. The molecule has 0 atom stereocenters. The van der Waals surface area contributed by atoms with Gasteiger partial charge in [0.15, 0.2) is 11.5 Å². The summed E-state index contributed by atoms with van der Waals surface area (Å²) < 4.78 is 9.36. The van der Waals surface area contributed by atoms with Crippen LogP contribution in [0.15, 0.2) is 22.8 Å². The van der Waals surface area contributed by atoms with Crippen LogP contribution >= 0.6 is 0 Å². The molecule has 0 spiro atoms. The number of Topliss-reactive ketones (excluding diaryl/α,β-unsaturated/α-hetero) is 1. The Morgan fingerprint density at radius 3 is 2.79 bits per heavy atom. The second-order valence-electron chi connectivity index (χ2n) is 2.83. The van der Waals surface area contributed by atoms with Crippen LogP contribution in [0.2, 0.25) is 0 Å². The highest BCUT2D eigenvalue weighted by molar-refractivity contribution is 5.93. The van der Waals surface area contributed by atoms with Gasteiger partial charge in [-0.2, -0.15) is 0 Å². The third-order valence-electron chi connectivity index (χ3n) is 1.81. The van der Waals surface area contributed by atoms with Crippen LogP contribution in [0.3, 0.4) is 0 Å². The zero-order chi connectivity index (χ0) is 10.4. The molecular weight excluding hydrogens is 184 g/mol. The largest absolute Gasteiger partial charge is 0.469 e. The number of rotatable bonds is 5. The summed E-state index contributed by atoms with van der Waals surface area (Å²) in [6.45, 7) is 0. The fourth-order valence-electron chi connectivity index (χ4n) is 1.06. The summed E-state index contributed by atoms with van der Waals surface area (Å²) in [7, 11) is 1.33. The third-order valence-corrected chi connectivity index (χ3v) is 1.81. The van der Waals surface area contributed by atoms with E-state index in [1.165, 1.54) is 13.4 Å². The number of furan rings is 1. The highest BCUT2D eigenvalue weighted by Gasteiger charge is 2.09. The average Bonchev–Trinajstić information content (AvgIpc) is 2.70. The van der Waals surface area contributed by atoms with Gasteiger partial charge in [0.2, 0.25) is 0 Å². The Bertz CT molecular complexity index is 300. The number of hydrogen-bond acceptors (Lipinski definition) is 4. The molecule has 4 heteroatoms. The Labute approximate surface area is 81.9 Å². The lowest BCUT2D eigenvalue weighted by Gasteiger charge is -1.97. The zero-order valence-corrected chi connectivity index (χ0v) is 7.99. The first-order valence-corrected chi connectivity index (χ1v) is 4.37. The standard InChI is InChI=1S/C10H12O4/c1-13-10(12)6-2-4-8(11)9-5-3-7-14-9/h3,5,7H,2,4,6H2,1H3. The van der Waals surface area contributed by atoms with Gasteiger partial charge in [0.05, 0.1) is 13.4 Å². The smallest absolute Gasteiger partial charge is 0.305 e. The van der Waals surface area contributed by atoms with Gasteiger partial charge in [-0.1, -0.05) is 0 Å². The molecule has 0 amide bonds. The maximum Gasteiger partial charge on any atom is 0.305 e. The van der Waals surface area contributed by atoms with Gasteiger partial charge in [0, 0.05) is 12.8 Å². The van der Waals surface area contributed by atoms with Crippen LogP contribution in [0.1, 0.15) is 29.8 Å². The number of methoxy groups -OCH3 is 1. The van der Waals surface area contributed by atoms with Crippen LogP contribution in [0.4, 0.5) is 0 Å². The topological polar surface area (TPSA) is 56.5 Å². The second kappa shape index (κ2) is 5.21. The van der Waals surface area contributed by atoms with E-state index in [1.807, 2.05) is 0 Å². The summed E-state index contributed by atoms with van der Waals surface area (Å²) in [5, 5.41) is 0. The molecule has 4 nitrogen and oxygen atoms in total. The van der Waals surface area contributed by atoms with Crippen LogP contribution in [0.25, 0.3) is 0 Å². The number of esters is 1. The van der Waals surface area contributed by atoms with E-state index in [1.54, 1.807) is 12.1 Å². The van der Waals surface area contributed by atoms with Crippen molar-refractivity contribution in [3.05, 3.63) is 24.2 Å². The van der Waals surface area contributed by atoms with Gasteiger partial charge in [-0.25, -0.2) is 0 Å². The van der Waals surface area contributed by atoms with Crippen molar-refractivity contribution in [2.24, 2.45) is 0 Å². The van der Waals surface area contributed by atoms with Gasteiger partial charge in [-0.3, -0.25) is 9.59 Å². The van der Waals surface area contributed by atoms with Gasteiger partial charge >= 0.3 is 5.97 Å². The lowest BCUT2D eigenvalue weighted by Crippen LogP contribution is -2.02. The number of ketones is 1. The van der Waals surface area contributed by atoms with Gasteiger partial charge < -0.3 is 9.15 Å². The second-order valence-corrected chi connectivity index (χ2v) is 2.83. The quantitative estimate of drug-likeness (QED) is 0.532. The van der Waals surface area contributed by atoms with E-state index >= 15 is 0 Å². The molecular formula is C10H12O4. The monoisotopic (exact) mass is 196 g/mol. The molecule has 0 saturated heterocycles. The molecule has 1 aromatic rings. The van der Waals surface area contributed by atoms with Crippen molar-refractivity contribution in [1.29, 1.82) is 0 Å². The van der Waals surface area contributed by atoms with Crippen molar-refractivity contribution >= 4 is 11.8 Å². The number of carbonyl (C=O) groups excluding carboxylic acids is 2. The van der Waals surface area contributed by atoms with Crippen molar-refractivity contribution in [3.8, 4) is 0 Å². The molecule has 76 valence electrons. The normalized spacial score (nSPS) is 9.79. The molecule has 0 aliphatic heterocycles. The van der Waals surface area contributed by atoms with Crippen LogP contribution < -0.4 is 0 Å². The highest BCUT2D eigenvalue weighted by Crippen LogP contribution is 2.07. The average molecular weight is 196 g/mol. The molecule has 0 radical (unpaired) electrons. The van der Waals surface area contributed by atoms with Gasteiger partial charge in [0.25, 0.3) is 0 Å². The van der Waals surface area contributed by atoms with Crippen molar-refractivity contribution in [1.82, 2.24) is 0 Å². The van der Waals surface area contributed by atoms with Crippen molar-refractivity contribution in [2.75, 3.05) is 7.11 Å². The summed E-state index contributed by atoms with van der Waals surface area (Å²) in [4.78, 5) is 22.1. The molecule has 14 heavy (non-hydrogen) atoms. The Hall–Kier alpha value is -1.58. The van der Waals surface area contributed by atoms with Gasteiger partial charge in [-0.05, 0) is 18.6 Å². The predicted molar refractivity (Wildman–Crippen MR) is 48.9 cm³/mol. The minimum Gasteiger partial charge on any atom is -0.469 e. The lowest BCUT2D eigenvalue weighted by atomic mass is 10.1. The molecule has 1 rings (SSSR count). The van der Waals surface area contributed by atoms with Crippen LogP contribution in [0.5, 0.6) is 0 Å². The molecule has 0 N–H and O–H groups in total. The number of hydrogen-bond donors (Lipinski definition) is 0. The Kier molecular flexibility index (Phi) is 3.91. The first-order chi connectivity index (χ1) is 6.74. The summed E-state index contributed by atoms with van der Waals surface area (Å²) in [6, 6.07) is 3.27. The number of ether oxygens (including phenoxy) is 1. The minimum absolute atomic E-state index is 0.0843. The van der Waals surface area contributed by atoms with Crippen LogP contribution in [0, 0.1) is 0 Å². The van der Waals surface area contributed by atoms with Gasteiger partial charge in [-0.15, -0.1) is 0 Å². The SMILES string of the molecule is COC(=O)CCCC(=O)c1ccco1. The molecule has 0 bridgehead atoms. The number of carbonyl (C=O) groups is 2. The van der Waals surface area contributed by atoms with Crippen molar-refractivity contribution in [3.63, 3.8) is 0 Å². The summed E-state index contributed by atoms with van der Waals surface area (Å²) in [5.74, 6) is -0.0361. The Morgan fingerprint density at radius 1 is 1.43 bits per heavy atom. The first-order valence-electron chi connectivity index (χ1n) is 4.37. The zero-order valence-electron chi connectivity index (χ0n) is 7.99. The van der Waals surface area contributed by atoms with E-state index in [-0.39, 0.29) is 18.2 Å². The molecule has 0 fully saturated rings. The molecule has 0 aliphatic carbocycles. The summed E-state index contributed by atoms with van der Waals surface area (Å²) in [6.07, 6.45) is 2.52. The third kappa shape index (κ3) is 3.05. The lowest BCUT2D eigenvalue weighted by molar-refractivity contribution is -0.140. The van der Waals surface area contributed by atoms with Crippen LogP contribution in [-0.2, 0) is 9.53 Å². The fourth-order valence-corrected chi connectivity index (χ4v) is 1.06. The molecule has 0 saturated carbocycles. The Morgan fingerprint density at radius 2 is 2.21 bits per heavy atom. The summed E-state index contributed by atoms with van der Waals surface area (Å²) >= 11 is 0. The van der Waals surface area contributed by atoms with Gasteiger partial charge in [0.1, 0.15) is 0 Å². The molecule has 0 unspecified atom stereocenters. The minimum atomic E-state index is -0.294. The van der Waals surface area contributed by atoms with Crippen LogP contribution in [-0.4, -0.2) is 18.9 Å².